The molecule has 0 aliphatic carbocycles. The molecule has 1 atom stereocenters. The third-order valence-electron chi connectivity index (χ3n) is 4.31. The van der Waals surface area contributed by atoms with Crippen LogP contribution in [0.3, 0.4) is 0 Å². The molecule has 3 rings (SSSR count). The van der Waals surface area contributed by atoms with Gasteiger partial charge in [-0.05, 0) is 49.4 Å². The van der Waals surface area contributed by atoms with Gasteiger partial charge in [0.2, 0.25) is 5.91 Å². The molecule has 0 aliphatic heterocycles. The fourth-order valence-corrected chi connectivity index (χ4v) is 3.63. The fraction of sp³-hybridized carbons (Fsp3) is 0.200. The van der Waals surface area contributed by atoms with Crippen LogP contribution >= 0.6 is 11.8 Å². The lowest BCUT2D eigenvalue weighted by molar-refractivity contribution is -0.137. The van der Waals surface area contributed by atoms with E-state index < -0.39 is 28.9 Å². The van der Waals surface area contributed by atoms with E-state index in [0.29, 0.717) is 11.3 Å². The number of alkyl halides is 3. The Balaban J connectivity index is 2.09. The molecule has 0 unspecified atom stereocenters. The number of hydrogen-bond donors (Lipinski definition) is 2. The fourth-order valence-electron chi connectivity index (χ4n) is 2.76. The minimum absolute atomic E-state index is 0.153. The Hall–Kier alpha value is -3.54. The van der Waals surface area contributed by atoms with E-state index in [0.717, 1.165) is 23.9 Å². The van der Waals surface area contributed by atoms with Crippen molar-refractivity contribution >= 4 is 23.7 Å². The zero-order valence-electron chi connectivity index (χ0n) is 16.9. The van der Waals surface area contributed by atoms with Crippen molar-refractivity contribution in [2.75, 3.05) is 7.11 Å². The number of primary amides is 1. The van der Waals surface area contributed by atoms with Crippen LogP contribution in [0.5, 0.6) is 5.75 Å². The Morgan fingerprint density at radius 3 is 2.44 bits per heavy atom. The summed E-state index contributed by atoms with van der Waals surface area (Å²) >= 11 is 0.915. The predicted octanol–water partition coefficient (Wildman–Crippen LogP) is 3.64. The van der Waals surface area contributed by atoms with Crippen LogP contribution in [0.15, 0.2) is 53.7 Å². The van der Waals surface area contributed by atoms with Crippen LogP contribution in [0.4, 0.5) is 18.0 Å². The Morgan fingerprint density at radius 1 is 1.16 bits per heavy atom. The van der Waals surface area contributed by atoms with E-state index in [1.54, 1.807) is 24.3 Å². The first kappa shape index (κ1) is 23.1. The molecule has 1 aromatic heterocycles. The molecule has 0 spiro atoms. The summed E-state index contributed by atoms with van der Waals surface area (Å²) in [5, 5.41) is 9.48. The number of halogens is 3. The highest BCUT2D eigenvalue weighted by molar-refractivity contribution is 8.00. The van der Waals surface area contributed by atoms with Gasteiger partial charge in [-0.15, -0.1) is 10.2 Å². The summed E-state index contributed by atoms with van der Waals surface area (Å²) in [5.41, 5.74) is 4.85. The third-order valence-corrected chi connectivity index (χ3v) is 5.35. The number of hydrogen-bond acceptors (Lipinski definition) is 6. The average molecular weight is 465 g/mol. The summed E-state index contributed by atoms with van der Waals surface area (Å²) in [6.07, 6.45) is -4.55. The number of nitrogens with two attached hydrogens (primary N) is 1. The van der Waals surface area contributed by atoms with Crippen LogP contribution in [0.25, 0.3) is 17.1 Å². The summed E-state index contributed by atoms with van der Waals surface area (Å²) in [6, 6.07) is 10.4. The second kappa shape index (κ2) is 9.30. The van der Waals surface area contributed by atoms with Crippen LogP contribution in [-0.4, -0.2) is 39.1 Å². The highest BCUT2D eigenvalue weighted by atomic mass is 32.2. The number of amides is 3. The van der Waals surface area contributed by atoms with Crippen molar-refractivity contribution in [3.63, 3.8) is 0 Å². The third kappa shape index (κ3) is 5.19. The Kier molecular flexibility index (Phi) is 6.72. The molecular formula is C20H18F3N5O3S. The van der Waals surface area contributed by atoms with Gasteiger partial charge in [-0.3, -0.25) is 14.7 Å². The monoisotopic (exact) mass is 465 g/mol. The summed E-state index contributed by atoms with van der Waals surface area (Å²) in [5.74, 6) is 0.175. The van der Waals surface area contributed by atoms with Crippen LogP contribution in [0.1, 0.15) is 12.5 Å². The van der Waals surface area contributed by atoms with E-state index in [2.05, 4.69) is 10.2 Å². The maximum atomic E-state index is 13.3. The number of urea groups is 1. The number of thioether (sulfide) groups is 1. The SMILES string of the molecule is COc1ccc(-c2nnc(S[C@@H](C)C(=O)NC(N)=O)n2-c2cccc(C(F)(F)F)c2)cc1. The predicted molar refractivity (Wildman–Crippen MR) is 111 cm³/mol. The van der Waals surface area contributed by atoms with Gasteiger partial charge in [-0.1, -0.05) is 17.8 Å². The van der Waals surface area contributed by atoms with E-state index in [-0.39, 0.29) is 16.7 Å². The number of ether oxygens (including phenoxy) is 1. The molecule has 3 aromatic rings. The van der Waals surface area contributed by atoms with Crippen LogP contribution in [0, 0.1) is 0 Å². The van der Waals surface area contributed by atoms with Gasteiger partial charge in [-0.2, -0.15) is 13.2 Å². The van der Waals surface area contributed by atoms with Crippen LogP contribution < -0.4 is 15.8 Å². The normalized spacial score (nSPS) is 12.3. The molecule has 0 radical (unpaired) electrons. The van der Waals surface area contributed by atoms with Gasteiger partial charge in [0.1, 0.15) is 5.75 Å². The maximum absolute atomic E-state index is 13.3. The Bertz CT molecular complexity index is 1130. The van der Waals surface area contributed by atoms with Crippen LogP contribution in [0.2, 0.25) is 0 Å². The van der Waals surface area contributed by atoms with Gasteiger partial charge >= 0.3 is 12.2 Å². The Labute approximate surface area is 185 Å². The lowest BCUT2D eigenvalue weighted by Crippen LogP contribution is -2.39. The molecule has 168 valence electrons. The summed E-state index contributed by atoms with van der Waals surface area (Å²) in [6.45, 7) is 1.50. The number of rotatable bonds is 6. The number of aromatic nitrogens is 3. The van der Waals surface area contributed by atoms with Crippen molar-refractivity contribution in [2.45, 2.75) is 23.5 Å². The molecule has 2 aromatic carbocycles. The van der Waals surface area contributed by atoms with Crippen molar-refractivity contribution in [2.24, 2.45) is 5.73 Å². The lowest BCUT2D eigenvalue weighted by Gasteiger charge is -2.15. The van der Waals surface area contributed by atoms with Gasteiger partial charge in [0.05, 0.1) is 23.6 Å². The van der Waals surface area contributed by atoms with Crippen LogP contribution in [-0.2, 0) is 11.0 Å². The smallest absolute Gasteiger partial charge is 0.416 e. The minimum Gasteiger partial charge on any atom is -0.497 e. The second-order valence-electron chi connectivity index (χ2n) is 6.53. The van der Waals surface area contributed by atoms with Gasteiger partial charge in [0.15, 0.2) is 11.0 Å². The van der Waals surface area contributed by atoms with Gasteiger partial charge in [-0.25, -0.2) is 4.79 Å². The van der Waals surface area contributed by atoms with Gasteiger partial charge in [0, 0.05) is 5.56 Å². The molecular weight excluding hydrogens is 447 g/mol. The van der Waals surface area contributed by atoms with E-state index in [1.807, 2.05) is 5.32 Å². The van der Waals surface area contributed by atoms with Crippen molar-refractivity contribution in [1.29, 1.82) is 0 Å². The number of benzene rings is 2. The molecule has 32 heavy (non-hydrogen) atoms. The molecule has 1 heterocycles. The lowest BCUT2D eigenvalue weighted by atomic mass is 10.1. The molecule has 0 bridgehead atoms. The van der Waals surface area contributed by atoms with Crippen molar-refractivity contribution in [1.82, 2.24) is 20.1 Å². The highest BCUT2D eigenvalue weighted by Gasteiger charge is 2.31. The summed E-state index contributed by atoms with van der Waals surface area (Å²) in [7, 11) is 1.51. The van der Waals surface area contributed by atoms with Crippen molar-refractivity contribution < 1.29 is 27.5 Å². The van der Waals surface area contributed by atoms with E-state index in [1.165, 1.54) is 30.7 Å². The summed E-state index contributed by atoms with van der Waals surface area (Å²) < 4.78 is 46.4. The second-order valence-corrected chi connectivity index (χ2v) is 7.84. The molecule has 3 amide bonds. The van der Waals surface area contributed by atoms with E-state index in [4.69, 9.17) is 10.5 Å². The number of carbonyl (C=O) groups is 2. The average Bonchev–Trinajstić information content (AvgIpc) is 3.16. The van der Waals surface area contributed by atoms with Crippen molar-refractivity contribution in [3.05, 3.63) is 54.1 Å². The molecule has 12 heteroatoms. The molecule has 0 saturated carbocycles. The first-order valence-electron chi connectivity index (χ1n) is 9.14. The standard InChI is InChI=1S/C20H18F3N5O3S/c1-11(17(29)25-18(24)30)32-19-27-26-16(12-6-8-15(31-2)9-7-12)28(19)14-5-3-4-13(10-14)20(21,22)23/h3-11H,1-2H3,(H3,24,25,29,30)/t11-/m0/s1. The molecule has 0 saturated heterocycles. The Morgan fingerprint density at radius 2 is 1.84 bits per heavy atom. The van der Waals surface area contributed by atoms with Gasteiger partial charge < -0.3 is 10.5 Å². The number of imide groups is 1. The molecule has 8 nitrogen and oxygen atoms in total. The molecule has 3 N–H and O–H groups in total. The number of methoxy groups -OCH3 is 1. The topological polar surface area (TPSA) is 112 Å². The number of nitrogens with zero attached hydrogens (tertiary/aromatic N) is 3. The minimum atomic E-state index is -4.55. The number of carbonyl (C=O) groups excluding carboxylic acids is 2. The largest absolute Gasteiger partial charge is 0.497 e. The van der Waals surface area contributed by atoms with Crippen molar-refractivity contribution in [3.8, 4) is 22.8 Å². The quantitative estimate of drug-likeness (QED) is 0.538. The van der Waals surface area contributed by atoms with E-state index >= 15 is 0 Å². The first-order chi connectivity index (χ1) is 15.1. The molecule has 0 fully saturated rings. The zero-order chi connectivity index (χ0) is 23.5. The molecule has 0 aliphatic rings. The highest BCUT2D eigenvalue weighted by Crippen LogP contribution is 2.34. The number of nitrogens with one attached hydrogen (secondary N) is 1. The summed E-state index contributed by atoms with van der Waals surface area (Å²) in [4.78, 5) is 23.0. The maximum Gasteiger partial charge on any atom is 0.416 e. The zero-order valence-corrected chi connectivity index (χ0v) is 17.7. The first-order valence-corrected chi connectivity index (χ1v) is 10.0. The van der Waals surface area contributed by atoms with E-state index in [9.17, 15) is 22.8 Å². The van der Waals surface area contributed by atoms with Gasteiger partial charge in [0.25, 0.3) is 0 Å².